The summed E-state index contributed by atoms with van der Waals surface area (Å²) in [5, 5.41) is 4.00. The zero-order valence-corrected chi connectivity index (χ0v) is 16.3. The van der Waals surface area contributed by atoms with Crippen molar-refractivity contribution in [3.63, 3.8) is 0 Å². The fraction of sp³-hybridized carbons (Fsp3) is 0.333. The first kappa shape index (κ1) is 17.3. The van der Waals surface area contributed by atoms with Crippen molar-refractivity contribution >= 4 is 34.2 Å². The summed E-state index contributed by atoms with van der Waals surface area (Å²) in [6.45, 7) is 3.51. The molecule has 1 N–H and O–H groups in total. The summed E-state index contributed by atoms with van der Waals surface area (Å²) in [6.07, 6.45) is 2.63. The first-order valence-corrected chi connectivity index (χ1v) is 10.4. The molecule has 0 bridgehead atoms. The smallest absolute Gasteiger partial charge is 0.270 e. The van der Waals surface area contributed by atoms with E-state index < -0.39 is 0 Å². The molecule has 5 rings (SSSR count). The molecule has 1 unspecified atom stereocenters. The van der Waals surface area contributed by atoms with Crippen LogP contribution in [0.15, 0.2) is 42.6 Å². The maximum absolute atomic E-state index is 12.6. The highest BCUT2D eigenvalue weighted by atomic mass is 32.1. The van der Waals surface area contributed by atoms with Crippen molar-refractivity contribution in [2.24, 2.45) is 11.8 Å². The van der Waals surface area contributed by atoms with E-state index in [1.165, 1.54) is 4.88 Å². The molecule has 0 radical (unpaired) electrons. The number of rotatable bonds is 4. The first-order valence-electron chi connectivity index (χ1n) is 9.54. The largest absolute Gasteiger partial charge is 0.347 e. The molecule has 7 heteroatoms. The minimum absolute atomic E-state index is 0.115. The molecule has 3 atom stereocenters. The van der Waals surface area contributed by atoms with E-state index in [9.17, 15) is 9.59 Å². The number of nitrogens with zero attached hydrogens (tertiary/aromatic N) is 3. The first-order chi connectivity index (χ1) is 13.6. The molecule has 1 saturated carbocycles. The second kappa shape index (κ2) is 6.67. The highest BCUT2D eigenvalue weighted by Gasteiger charge is 2.57. The van der Waals surface area contributed by atoms with Crippen molar-refractivity contribution in [3.05, 3.63) is 58.0 Å². The summed E-state index contributed by atoms with van der Waals surface area (Å²) in [5.74, 6) is 0.633. The van der Waals surface area contributed by atoms with Crippen LogP contribution in [-0.4, -0.2) is 45.8 Å². The molecule has 28 heavy (non-hydrogen) atoms. The van der Waals surface area contributed by atoms with Crippen LogP contribution in [0.1, 0.15) is 32.0 Å². The van der Waals surface area contributed by atoms with E-state index in [-0.39, 0.29) is 17.9 Å². The lowest BCUT2D eigenvalue weighted by molar-refractivity contribution is 0.0774. The number of aromatic nitrogens is 2. The number of aryl methyl sites for hydroxylation is 1. The zero-order chi connectivity index (χ0) is 19.3. The lowest BCUT2D eigenvalue weighted by atomic mass is 10.2. The molecule has 6 nitrogen and oxygen atoms in total. The van der Waals surface area contributed by atoms with Crippen molar-refractivity contribution in [1.29, 1.82) is 0 Å². The van der Waals surface area contributed by atoms with Gasteiger partial charge in [0.2, 0.25) is 0 Å². The van der Waals surface area contributed by atoms with Crippen LogP contribution in [0.2, 0.25) is 0 Å². The number of amides is 2. The molecule has 0 aromatic carbocycles. The second-order valence-electron chi connectivity index (χ2n) is 7.40. The third kappa shape index (κ3) is 2.96. The highest BCUT2D eigenvalue weighted by Crippen LogP contribution is 2.46. The number of hydrogen-bond donors (Lipinski definition) is 1. The molecule has 1 saturated heterocycles. The number of hydrogen-bond acceptors (Lipinski definition) is 5. The van der Waals surface area contributed by atoms with Crippen LogP contribution in [0.25, 0.3) is 11.0 Å². The number of thiophene rings is 1. The molecule has 3 aromatic rings. The molecule has 2 fully saturated rings. The summed E-state index contributed by atoms with van der Waals surface area (Å²) in [5.41, 5.74) is 0.958. The molecule has 0 spiro atoms. The Morgan fingerprint density at radius 2 is 2.00 bits per heavy atom. The van der Waals surface area contributed by atoms with Crippen molar-refractivity contribution in [1.82, 2.24) is 20.2 Å². The number of carbonyl (C=O) groups is 2. The van der Waals surface area contributed by atoms with Gasteiger partial charge in [0.15, 0.2) is 5.65 Å². The molecule has 142 valence electrons. The maximum atomic E-state index is 12.6. The summed E-state index contributed by atoms with van der Waals surface area (Å²) >= 11 is 1.58. The minimum Gasteiger partial charge on any atom is -0.347 e. The molecule has 2 aliphatic rings. The fourth-order valence-electron chi connectivity index (χ4n) is 4.05. The van der Waals surface area contributed by atoms with Gasteiger partial charge in [-0.25, -0.2) is 9.97 Å². The molecule has 4 heterocycles. The van der Waals surface area contributed by atoms with Crippen LogP contribution in [0.4, 0.5) is 0 Å². The normalized spacial score (nSPS) is 22.9. The minimum atomic E-state index is -0.171. The average Bonchev–Trinajstić information content (AvgIpc) is 3.13. The molecule has 2 amide bonds. The van der Waals surface area contributed by atoms with Crippen LogP contribution in [0.5, 0.6) is 0 Å². The number of nitrogens with one attached hydrogen (secondary N) is 1. The number of piperidine rings is 1. The second-order valence-corrected chi connectivity index (χ2v) is 8.57. The van der Waals surface area contributed by atoms with Crippen molar-refractivity contribution in [2.75, 3.05) is 13.1 Å². The van der Waals surface area contributed by atoms with Crippen molar-refractivity contribution < 1.29 is 9.59 Å². The van der Waals surface area contributed by atoms with E-state index in [4.69, 9.17) is 0 Å². The third-order valence-electron chi connectivity index (χ3n) is 5.70. The Kier molecular flexibility index (Phi) is 4.12. The summed E-state index contributed by atoms with van der Waals surface area (Å²) in [4.78, 5) is 37.7. The molecule has 1 aliphatic heterocycles. The summed E-state index contributed by atoms with van der Waals surface area (Å²) in [7, 11) is 0. The van der Waals surface area contributed by atoms with E-state index in [1.54, 1.807) is 23.6 Å². The van der Waals surface area contributed by atoms with Crippen LogP contribution in [-0.2, 0) is 6.42 Å². The lowest BCUT2D eigenvalue weighted by Crippen LogP contribution is -2.37. The Hall–Kier alpha value is -2.80. The Labute approximate surface area is 166 Å². The topological polar surface area (TPSA) is 75.2 Å². The third-order valence-corrected chi connectivity index (χ3v) is 6.91. The summed E-state index contributed by atoms with van der Waals surface area (Å²) < 4.78 is 0. The Balaban J connectivity index is 1.20. The molecular formula is C21H20N4O2S. The van der Waals surface area contributed by atoms with Gasteiger partial charge in [0.25, 0.3) is 11.8 Å². The number of pyridine rings is 2. The van der Waals surface area contributed by atoms with E-state index >= 15 is 0 Å². The van der Waals surface area contributed by atoms with E-state index in [0.29, 0.717) is 36.3 Å². The van der Waals surface area contributed by atoms with Gasteiger partial charge in [-0.05, 0) is 42.8 Å². The zero-order valence-electron chi connectivity index (χ0n) is 15.5. The number of likely N-dealkylation sites (tertiary alicyclic amines) is 1. The van der Waals surface area contributed by atoms with Gasteiger partial charge in [0.05, 0.1) is 4.88 Å². The summed E-state index contributed by atoms with van der Waals surface area (Å²) in [6, 6.07) is 11.5. The van der Waals surface area contributed by atoms with Crippen LogP contribution in [0.3, 0.4) is 0 Å². The Bertz CT molecular complexity index is 1070. The van der Waals surface area contributed by atoms with Crippen LogP contribution >= 0.6 is 11.3 Å². The molecular weight excluding hydrogens is 372 g/mol. The average molecular weight is 392 g/mol. The van der Waals surface area contributed by atoms with Gasteiger partial charge < -0.3 is 10.2 Å². The van der Waals surface area contributed by atoms with E-state index in [2.05, 4.69) is 22.2 Å². The Morgan fingerprint density at radius 1 is 1.18 bits per heavy atom. The van der Waals surface area contributed by atoms with Crippen molar-refractivity contribution in [2.45, 2.75) is 19.4 Å². The van der Waals surface area contributed by atoms with Gasteiger partial charge >= 0.3 is 0 Å². The van der Waals surface area contributed by atoms with Crippen molar-refractivity contribution in [3.8, 4) is 0 Å². The predicted octanol–water partition coefficient (Wildman–Crippen LogP) is 2.75. The van der Waals surface area contributed by atoms with E-state index in [1.807, 2.05) is 35.2 Å². The van der Waals surface area contributed by atoms with Crippen LogP contribution in [0, 0.1) is 11.8 Å². The van der Waals surface area contributed by atoms with Gasteiger partial charge in [0.1, 0.15) is 5.69 Å². The predicted molar refractivity (Wildman–Crippen MR) is 107 cm³/mol. The maximum Gasteiger partial charge on any atom is 0.270 e. The van der Waals surface area contributed by atoms with E-state index in [0.717, 1.165) is 16.7 Å². The van der Waals surface area contributed by atoms with Gasteiger partial charge in [-0.3, -0.25) is 9.59 Å². The quantitative estimate of drug-likeness (QED) is 0.741. The fourth-order valence-corrected chi connectivity index (χ4v) is 4.97. The number of fused-ring (bicyclic) bond motifs is 2. The monoisotopic (exact) mass is 392 g/mol. The SMILES string of the molecule is CCc1ccc(C(=O)N2C[C@@H]3C(NC(=O)c4ccc5cccnc5n4)[C@@H]3C2)s1. The number of carbonyl (C=O) groups excluding carboxylic acids is 2. The van der Waals surface area contributed by atoms with Crippen LogP contribution < -0.4 is 5.32 Å². The van der Waals surface area contributed by atoms with Gasteiger partial charge in [-0.15, -0.1) is 11.3 Å². The van der Waals surface area contributed by atoms with Gasteiger partial charge in [-0.1, -0.05) is 6.92 Å². The standard InChI is InChI=1S/C21H20N4O2S/c1-2-13-6-8-17(28-13)21(27)25-10-14-15(11-25)18(14)24-20(26)16-7-5-12-4-3-9-22-19(12)23-16/h3-9,14-15,18H,2,10-11H2,1H3,(H,24,26)/t14-,15+,18?. The lowest BCUT2D eigenvalue weighted by Gasteiger charge is -2.19. The molecule has 3 aromatic heterocycles. The van der Waals surface area contributed by atoms with Gasteiger partial charge in [0, 0.05) is 47.4 Å². The van der Waals surface area contributed by atoms with Gasteiger partial charge in [-0.2, -0.15) is 0 Å². The highest BCUT2D eigenvalue weighted by molar-refractivity contribution is 7.14. The Morgan fingerprint density at radius 3 is 2.75 bits per heavy atom. The molecule has 1 aliphatic carbocycles.